The van der Waals surface area contributed by atoms with Crippen molar-refractivity contribution in [2.45, 2.75) is 19.8 Å². The van der Waals surface area contributed by atoms with Crippen LogP contribution >= 0.6 is 11.3 Å². The highest BCUT2D eigenvalue weighted by molar-refractivity contribution is 7.20. The maximum Gasteiger partial charge on any atom is 0.257 e. The second-order valence-corrected chi connectivity index (χ2v) is 6.29. The number of aromatic nitrogens is 4. The normalized spacial score (nSPS) is 10.8. The molecule has 10 heteroatoms. The molecule has 26 heavy (non-hydrogen) atoms. The number of carbonyl (C=O) groups is 1. The number of nitrogens with one attached hydrogen (secondary N) is 1. The third-order valence-electron chi connectivity index (χ3n) is 3.68. The van der Waals surface area contributed by atoms with Crippen molar-refractivity contribution in [2.24, 2.45) is 0 Å². The standard InChI is InChI=1S/C16H19N5O4S/c1-5-6-12-18-19-16-21(12)20-15(26-16)17-14(22)9-7-10(23-2)13(25-4)11(8-9)24-3/h7-8H,5-6H2,1-4H3,(H,17,20,22). The molecule has 1 aromatic carbocycles. The van der Waals surface area contributed by atoms with Crippen LogP contribution in [0.1, 0.15) is 29.5 Å². The van der Waals surface area contributed by atoms with E-state index in [1.807, 2.05) is 0 Å². The first-order chi connectivity index (χ1) is 12.6. The quantitative estimate of drug-likeness (QED) is 0.675. The first-order valence-corrected chi connectivity index (χ1v) is 8.75. The molecule has 1 amide bonds. The minimum atomic E-state index is -0.341. The first-order valence-electron chi connectivity index (χ1n) is 7.93. The maximum absolute atomic E-state index is 12.6. The number of carbonyl (C=O) groups excluding carboxylic acids is 1. The zero-order valence-corrected chi connectivity index (χ0v) is 15.7. The fourth-order valence-electron chi connectivity index (χ4n) is 2.47. The van der Waals surface area contributed by atoms with Crippen LogP contribution in [-0.2, 0) is 6.42 Å². The number of benzene rings is 1. The molecule has 2 aromatic heterocycles. The monoisotopic (exact) mass is 377 g/mol. The molecular weight excluding hydrogens is 358 g/mol. The predicted molar refractivity (Wildman–Crippen MR) is 96.7 cm³/mol. The summed E-state index contributed by atoms with van der Waals surface area (Å²) >= 11 is 1.25. The average molecular weight is 377 g/mol. The lowest BCUT2D eigenvalue weighted by Crippen LogP contribution is -2.13. The van der Waals surface area contributed by atoms with Gasteiger partial charge >= 0.3 is 0 Å². The van der Waals surface area contributed by atoms with Crippen LogP contribution < -0.4 is 19.5 Å². The summed E-state index contributed by atoms with van der Waals surface area (Å²) in [7, 11) is 4.50. The van der Waals surface area contributed by atoms with Crippen LogP contribution in [0.3, 0.4) is 0 Å². The Kier molecular flexibility index (Phi) is 5.21. The number of methoxy groups -OCH3 is 3. The first kappa shape index (κ1) is 17.9. The fourth-order valence-corrected chi connectivity index (χ4v) is 3.22. The highest BCUT2D eigenvalue weighted by atomic mass is 32.1. The second kappa shape index (κ2) is 7.56. The molecule has 0 spiro atoms. The van der Waals surface area contributed by atoms with Gasteiger partial charge < -0.3 is 14.2 Å². The van der Waals surface area contributed by atoms with Crippen LogP contribution in [0.15, 0.2) is 12.1 Å². The Morgan fingerprint density at radius 2 is 1.85 bits per heavy atom. The molecular formula is C16H19N5O4S. The van der Waals surface area contributed by atoms with Crippen LogP contribution in [0.25, 0.3) is 4.96 Å². The Labute approximate surface area is 153 Å². The molecule has 3 aromatic rings. The molecule has 0 fully saturated rings. The Morgan fingerprint density at radius 1 is 1.15 bits per heavy atom. The lowest BCUT2D eigenvalue weighted by Gasteiger charge is -2.13. The number of hydrogen-bond acceptors (Lipinski definition) is 8. The molecule has 0 radical (unpaired) electrons. The maximum atomic E-state index is 12.6. The van der Waals surface area contributed by atoms with Crippen LogP contribution in [0.4, 0.5) is 5.13 Å². The number of amides is 1. The van der Waals surface area contributed by atoms with Gasteiger partial charge in [0.1, 0.15) is 0 Å². The van der Waals surface area contributed by atoms with E-state index in [4.69, 9.17) is 14.2 Å². The summed E-state index contributed by atoms with van der Waals surface area (Å²) in [4.78, 5) is 13.3. The zero-order valence-electron chi connectivity index (χ0n) is 14.9. The third kappa shape index (κ3) is 3.27. The van der Waals surface area contributed by atoms with Gasteiger partial charge in [-0.25, -0.2) is 0 Å². The Balaban J connectivity index is 1.88. The molecule has 1 N–H and O–H groups in total. The van der Waals surface area contributed by atoms with Gasteiger partial charge in [0.15, 0.2) is 17.3 Å². The minimum Gasteiger partial charge on any atom is -0.493 e. The van der Waals surface area contributed by atoms with Gasteiger partial charge in [0.25, 0.3) is 5.91 Å². The number of rotatable bonds is 7. The van der Waals surface area contributed by atoms with Crippen molar-refractivity contribution in [3.63, 3.8) is 0 Å². The summed E-state index contributed by atoms with van der Waals surface area (Å²) in [5.74, 6) is 1.66. The van der Waals surface area contributed by atoms with Crippen molar-refractivity contribution < 1.29 is 19.0 Å². The van der Waals surface area contributed by atoms with E-state index in [-0.39, 0.29) is 5.91 Å². The molecule has 0 aliphatic heterocycles. The van der Waals surface area contributed by atoms with Gasteiger partial charge in [0.05, 0.1) is 21.3 Å². The third-order valence-corrected chi connectivity index (χ3v) is 4.49. The average Bonchev–Trinajstić information content (AvgIpc) is 3.21. The van der Waals surface area contributed by atoms with Crippen molar-refractivity contribution in [1.82, 2.24) is 19.8 Å². The molecule has 0 saturated heterocycles. The van der Waals surface area contributed by atoms with E-state index in [0.717, 1.165) is 18.7 Å². The van der Waals surface area contributed by atoms with Gasteiger partial charge in [-0.1, -0.05) is 18.3 Å². The van der Waals surface area contributed by atoms with Crippen molar-refractivity contribution in [3.05, 3.63) is 23.5 Å². The van der Waals surface area contributed by atoms with Gasteiger partial charge in [-0.05, 0) is 18.6 Å². The summed E-state index contributed by atoms with van der Waals surface area (Å²) in [5, 5.41) is 15.7. The molecule has 0 unspecified atom stereocenters. The van der Waals surface area contributed by atoms with Crippen LogP contribution in [0.2, 0.25) is 0 Å². The number of nitrogens with zero attached hydrogens (tertiary/aromatic N) is 4. The fraction of sp³-hybridized carbons (Fsp3) is 0.375. The molecule has 0 saturated carbocycles. The summed E-state index contributed by atoms with van der Waals surface area (Å²) in [5.41, 5.74) is 0.360. The summed E-state index contributed by atoms with van der Waals surface area (Å²) in [6.45, 7) is 2.06. The Bertz CT molecular complexity index is 911. The lowest BCUT2D eigenvalue weighted by molar-refractivity contribution is 0.102. The summed E-state index contributed by atoms with van der Waals surface area (Å²) in [6, 6.07) is 3.17. The predicted octanol–water partition coefficient (Wildman–Crippen LogP) is 2.42. The molecule has 0 aliphatic rings. The molecule has 138 valence electrons. The van der Waals surface area contributed by atoms with Crippen molar-refractivity contribution in [3.8, 4) is 17.2 Å². The van der Waals surface area contributed by atoms with E-state index in [0.29, 0.717) is 32.9 Å². The van der Waals surface area contributed by atoms with E-state index in [9.17, 15) is 4.79 Å². The van der Waals surface area contributed by atoms with Gasteiger partial charge in [0, 0.05) is 12.0 Å². The van der Waals surface area contributed by atoms with E-state index in [1.165, 1.54) is 32.7 Å². The molecule has 9 nitrogen and oxygen atoms in total. The number of hydrogen-bond donors (Lipinski definition) is 1. The second-order valence-electron chi connectivity index (χ2n) is 5.34. The zero-order chi connectivity index (χ0) is 18.7. The van der Waals surface area contributed by atoms with E-state index < -0.39 is 0 Å². The van der Waals surface area contributed by atoms with Gasteiger partial charge in [-0.2, -0.15) is 4.52 Å². The summed E-state index contributed by atoms with van der Waals surface area (Å²) in [6.07, 6.45) is 1.70. The lowest BCUT2D eigenvalue weighted by atomic mass is 10.1. The van der Waals surface area contributed by atoms with Gasteiger partial charge in [-0.15, -0.1) is 15.3 Å². The number of anilines is 1. The van der Waals surface area contributed by atoms with Crippen molar-refractivity contribution >= 4 is 27.3 Å². The minimum absolute atomic E-state index is 0.341. The van der Waals surface area contributed by atoms with Crippen LogP contribution in [-0.4, -0.2) is 47.0 Å². The highest BCUT2D eigenvalue weighted by Gasteiger charge is 2.19. The van der Waals surface area contributed by atoms with E-state index in [2.05, 4.69) is 27.5 Å². The molecule has 0 bridgehead atoms. The summed E-state index contributed by atoms with van der Waals surface area (Å²) < 4.78 is 17.5. The Hall–Kier alpha value is -2.88. The van der Waals surface area contributed by atoms with Gasteiger partial charge in [-0.3, -0.25) is 10.1 Å². The topological polar surface area (TPSA) is 99.9 Å². The number of fused-ring (bicyclic) bond motifs is 1. The number of ether oxygens (including phenoxy) is 3. The number of aryl methyl sites for hydroxylation is 1. The molecule has 2 heterocycles. The molecule has 0 atom stereocenters. The van der Waals surface area contributed by atoms with Crippen molar-refractivity contribution in [2.75, 3.05) is 26.6 Å². The SMILES string of the molecule is CCCc1nnc2sc(NC(=O)c3cc(OC)c(OC)c(OC)c3)nn12. The molecule has 3 rings (SSSR count). The van der Waals surface area contributed by atoms with Crippen LogP contribution in [0, 0.1) is 0 Å². The van der Waals surface area contributed by atoms with Gasteiger partial charge in [0.2, 0.25) is 15.8 Å². The largest absolute Gasteiger partial charge is 0.493 e. The Morgan fingerprint density at radius 3 is 2.42 bits per heavy atom. The molecule has 0 aliphatic carbocycles. The van der Waals surface area contributed by atoms with E-state index >= 15 is 0 Å². The van der Waals surface area contributed by atoms with E-state index in [1.54, 1.807) is 16.6 Å². The smallest absolute Gasteiger partial charge is 0.257 e. The van der Waals surface area contributed by atoms with Crippen molar-refractivity contribution in [1.29, 1.82) is 0 Å². The highest BCUT2D eigenvalue weighted by Crippen LogP contribution is 2.38. The van der Waals surface area contributed by atoms with Crippen LogP contribution in [0.5, 0.6) is 17.2 Å².